The maximum atomic E-state index is 12.9. The van der Waals surface area contributed by atoms with Crippen LogP contribution in [0, 0.1) is 0 Å². The second-order valence-electron chi connectivity index (χ2n) is 6.96. The normalized spacial score (nSPS) is 12.2. The van der Waals surface area contributed by atoms with Gasteiger partial charge in [-0.25, -0.2) is 0 Å². The third kappa shape index (κ3) is 6.88. The minimum Gasteiger partial charge on any atom is -0.396 e. The molecule has 1 aromatic heterocycles. The molecule has 0 saturated heterocycles. The minimum absolute atomic E-state index is 0.0576. The van der Waals surface area contributed by atoms with Gasteiger partial charge in [-0.05, 0) is 55.9 Å². The maximum absolute atomic E-state index is 12.9. The lowest BCUT2D eigenvalue weighted by Crippen LogP contribution is -2.14. The summed E-state index contributed by atoms with van der Waals surface area (Å²) in [4.78, 5) is 26.2. The van der Waals surface area contributed by atoms with Crippen LogP contribution in [0.1, 0.15) is 54.5 Å². The molecule has 0 unspecified atom stereocenters. The summed E-state index contributed by atoms with van der Waals surface area (Å²) >= 11 is 0. The van der Waals surface area contributed by atoms with Crippen molar-refractivity contribution in [3.05, 3.63) is 75.2 Å². The fraction of sp³-hybridized carbons (Fsp3) is 0.364. The number of hydrogen-bond donors (Lipinski definition) is 3. The summed E-state index contributed by atoms with van der Waals surface area (Å²) in [5.74, 6) is -0.430. The number of aromatic amines is 1. The molecule has 0 aliphatic carbocycles. The van der Waals surface area contributed by atoms with Crippen LogP contribution in [0.15, 0.2) is 47.3 Å². The van der Waals surface area contributed by atoms with E-state index in [1.54, 1.807) is 18.2 Å². The SMILES string of the molecule is NC(=O)CCC/C=C(\c1ccc(C(F)(F)F)cc1)c1ccc(CCCCO)c(=O)[nH]1. The Balaban J connectivity index is 2.34. The second kappa shape index (κ2) is 10.8. The standard InChI is InChI=1S/C22H25F3N2O3/c23-22(24,25)17-11-8-15(9-12-17)18(6-1-2-7-20(26)29)19-13-10-16(21(30)27-19)5-3-4-14-28/h6,8-13,28H,1-5,7,14H2,(H2,26,29)(H,27,30)/b18-6+. The number of unbranched alkanes of at least 4 members (excludes halogenated alkanes) is 2. The highest BCUT2D eigenvalue weighted by molar-refractivity contribution is 5.78. The van der Waals surface area contributed by atoms with Gasteiger partial charge in [0.15, 0.2) is 0 Å². The van der Waals surface area contributed by atoms with Crippen LogP contribution in [-0.4, -0.2) is 22.6 Å². The molecule has 0 atom stereocenters. The Hall–Kier alpha value is -2.87. The quantitative estimate of drug-likeness (QED) is 0.508. The van der Waals surface area contributed by atoms with Crippen molar-refractivity contribution in [2.45, 2.75) is 44.7 Å². The van der Waals surface area contributed by atoms with Gasteiger partial charge in [-0.2, -0.15) is 13.2 Å². The lowest BCUT2D eigenvalue weighted by atomic mass is 9.98. The number of carbonyl (C=O) groups is 1. The number of aliphatic hydroxyl groups excluding tert-OH is 1. The van der Waals surface area contributed by atoms with Crippen molar-refractivity contribution >= 4 is 11.5 Å². The molecular weight excluding hydrogens is 397 g/mol. The van der Waals surface area contributed by atoms with Gasteiger partial charge in [-0.15, -0.1) is 0 Å². The molecular formula is C22H25F3N2O3. The van der Waals surface area contributed by atoms with Crippen molar-refractivity contribution in [3.63, 3.8) is 0 Å². The van der Waals surface area contributed by atoms with Gasteiger partial charge in [0, 0.05) is 29.9 Å². The summed E-state index contributed by atoms with van der Waals surface area (Å²) in [7, 11) is 0. The smallest absolute Gasteiger partial charge is 0.396 e. The van der Waals surface area contributed by atoms with Crippen LogP contribution in [0.4, 0.5) is 13.2 Å². The Labute approximate surface area is 172 Å². The van der Waals surface area contributed by atoms with E-state index in [9.17, 15) is 22.8 Å². The number of allylic oxidation sites excluding steroid dienone is 1. The number of nitrogens with one attached hydrogen (secondary N) is 1. The van der Waals surface area contributed by atoms with E-state index in [-0.39, 0.29) is 18.6 Å². The van der Waals surface area contributed by atoms with E-state index in [0.29, 0.717) is 54.5 Å². The van der Waals surface area contributed by atoms with Gasteiger partial charge in [0.2, 0.25) is 5.91 Å². The van der Waals surface area contributed by atoms with Gasteiger partial charge < -0.3 is 15.8 Å². The van der Waals surface area contributed by atoms with Crippen LogP contribution in [0.5, 0.6) is 0 Å². The van der Waals surface area contributed by atoms with Crippen molar-refractivity contribution in [1.29, 1.82) is 0 Å². The van der Waals surface area contributed by atoms with E-state index in [1.165, 1.54) is 12.1 Å². The topological polar surface area (TPSA) is 96.2 Å². The summed E-state index contributed by atoms with van der Waals surface area (Å²) in [6.07, 6.45) is 0.288. The van der Waals surface area contributed by atoms with Gasteiger partial charge in [-0.1, -0.05) is 24.3 Å². The molecule has 1 heterocycles. The summed E-state index contributed by atoms with van der Waals surface area (Å²) in [6, 6.07) is 8.11. The predicted molar refractivity (Wildman–Crippen MR) is 109 cm³/mol. The van der Waals surface area contributed by atoms with Crippen LogP contribution >= 0.6 is 0 Å². The number of benzene rings is 1. The van der Waals surface area contributed by atoms with E-state index in [1.807, 2.05) is 0 Å². The first-order valence-electron chi connectivity index (χ1n) is 9.72. The third-order valence-electron chi connectivity index (χ3n) is 4.63. The number of aromatic nitrogens is 1. The highest BCUT2D eigenvalue weighted by Crippen LogP contribution is 2.31. The fourth-order valence-electron chi connectivity index (χ4n) is 3.03. The van der Waals surface area contributed by atoms with Crippen LogP contribution in [0.3, 0.4) is 0 Å². The Kier molecular flexibility index (Phi) is 8.41. The minimum atomic E-state index is -4.44. The average molecular weight is 422 g/mol. The van der Waals surface area contributed by atoms with Crippen molar-refractivity contribution < 1.29 is 23.1 Å². The fourth-order valence-corrected chi connectivity index (χ4v) is 3.03. The number of rotatable bonds is 10. The zero-order valence-corrected chi connectivity index (χ0v) is 16.5. The number of aliphatic hydroxyl groups is 1. The zero-order valence-electron chi connectivity index (χ0n) is 16.5. The molecule has 0 fully saturated rings. The number of hydrogen-bond acceptors (Lipinski definition) is 3. The highest BCUT2D eigenvalue weighted by atomic mass is 19.4. The number of nitrogens with two attached hydrogens (primary N) is 1. The molecule has 1 amide bonds. The molecule has 0 spiro atoms. The van der Waals surface area contributed by atoms with Gasteiger partial charge in [0.1, 0.15) is 0 Å². The molecule has 0 aliphatic rings. The van der Waals surface area contributed by atoms with E-state index in [0.717, 1.165) is 12.1 Å². The van der Waals surface area contributed by atoms with Crippen molar-refractivity contribution in [1.82, 2.24) is 4.98 Å². The average Bonchev–Trinajstić information content (AvgIpc) is 2.69. The Morgan fingerprint density at radius 1 is 1.07 bits per heavy atom. The first-order valence-corrected chi connectivity index (χ1v) is 9.72. The Bertz CT molecular complexity index is 932. The molecule has 4 N–H and O–H groups in total. The molecule has 2 rings (SSSR count). The van der Waals surface area contributed by atoms with Gasteiger partial charge in [0.05, 0.1) is 5.56 Å². The van der Waals surface area contributed by atoms with Gasteiger partial charge in [0.25, 0.3) is 5.56 Å². The number of alkyl halides is 3. The van der Waals surface area contributed by atoms with Crippen LogP contribution in [0.2, 0.25) is 0 Å². The number of H-pyrrole nitrogens is 1. The molecule has 0 aliphatic heterocycles. The van der Waals surface area contributed by atoms with Crippen molar-refractivity contribution in [2.24, 2.45) is 5.73 Å². The molecule has 30 heavy (non-hydrogen) atoms. The highest BCUT2D eigenvalue weighted by Gasteiger charge is 2.30. The van der Waals surface area contributed by atoms with Crippen LogP contribution < -0.4 is 11.3 Å². The summed E-state index contributed by atoms with van der Waals surface area (Å²) < 4.78 is 38.6. The molecule has 5 nitrogen and oxygen atoms in total. The molecule has 1 aromatic carbocycles. The maximum Gasteiger partial charge on any atom is 0.416 e. The van der Waals surface area contributed by atoms with Crippen molar-refractivity contribution in [2.75, 3.05) is 6.61 Å². The Morgan fingerprint density at radius 2 is 1.77 bits per heavy atom. The van der Waals surface area contributed by atoms with E-state index in [2.05, 4.69) is 4.98 Å². The number of primary amides is 1. The summed E-state index contributed by atoms with van der Waals surface area (Å²) in [6.45, 7) is 0.0576. The van der Waals surface area contributed by atoms with Gasteiger partial charge in [-0.3, -0.25) is 9.59 Å². The van der Waals surface area contributed by atoms with Crippen LogP contribution in [0.25, 0.3) is 5.57 Å². The molecule has 0 bridgehead atoms. The van der Waals surface area contributed by atoms with E-state index in [4.69, 9.17) is 10.8 Å². The van der Waals surface area contributed by atoms with Crippen molar-refractivity contribution in [3.8, 4) is 0 Å². The van der Waals surface area contributed by atoms with E-state index >= 15 is 0 Å². The number of halogens is 3. The molecule has 162 valence electrons. The third-order valence-corrected chi connectivity index (χ3v) is 4.63. The summed E-state index contributed by atoms with van der Waals surface area (Å²) in [5, 5.41) is 8.87. The predicted octanol–water partition coefficient (Wildman–Crippen LogP) is 3.80. The first-order chi connectivity index (χ1) is 14.2. The second-order valence-corrected chi connectivity index (χ2v) is 6.96. The zero-order chi connectivity index (χ0) is 22.1. The number of amides is 1. The number of carbonyl (C=O) groups excluding carboxylic acids is 1. The lowest BCUT2D eigenvalue weighted by Gasteiger charge is -2.12. The van der Waals surface area contributed by atoms with Gasteiger partial charge >= 0.3 is 6.18 Å². The number of aryl methyl sites for hydroxylation is 1. The molecule has 0 saturated carbocycles. The van der Waals surface area contributed by atoms with Crippen LogP contribution in [-0.2, 0) is 17.4 Å². The molecule has 8 heteroatoms. The lowest BCUT2D eigenvalue weighted by molar-refractivity contribution is -0.137. The molecule has 2 aromatic rings. The Morgan fingerprint density at radius 3 is 2.33 bits per heavy atom. The first kappa shape index (κ1) is 23.4. The summed E-state index contributed by atoms with van der Waals surface area (Å²) in [5.41, 5.74) is 6.26. The number of pyridine rings is 1. The molecule has 0 radical (unpaired) electrons. The van der Waals surface area contributed by atoms with E-state index < -0.39 is 17.6 Å². The monoisotopic (exact) mass is 422 g/mol. The largest absolute Gasteiger partial charge is 0.416 e.